The van der Waals surface area contributed by atoms with Crippen LogP contribution in [-0.2, 0) is 0 Å². The highest BCUT2D eigenvalue weighted by Gasteiger charge is 2.21. The van der Waals surface area contributed by atoms with Crippen LogP contribution in [-0.4, -0.2) is 12.1 Å². The molecule has 0 amide bonds. The molecular formula is C13H17N3. The van der Waals surface area contributed by atoms with Crippen molar-refractivity contribution < 1.29 is 0 Å². The Bertz CT molecular complexity index is 394. The minimum Gasteiger partial charge on any atom is -0.381 e. The lowest BCUT2D eigenvalue weighted by molar-refractivity contribution is 0.404. The molecule has 1 aromatic rings. The molecule has 0 spiro atoms. The van der Waals surface area contributed by atoms with Crippen molar-refractivity contribution in [3.63, 3.8) is 0 Å². The Hall–Kier alpha value is -1.53. The summed E-state index contributed by atoms with van der Waals surface area (Å²) < 4.78 is 0. The van der Waals surface area contributed by atoms with Crippen molar-refractivity contribution in [1.82, 2.24) is 0 Å². The van der Waals surface area contributed by atoms with Crippen LogP contribution in [0, 0.1) is 11.3 Å². The minimum absolute atomic E-state index is 0.236. The average molecular weight is 215 g/mol. The zero-order chi connectivity index (χ0) is 11.4. The van der Waals surface area contributed by atoms with E-state index in [0.717, 1.165) is 18.5 Å². The van der Waals surface area contributed by atoms with Gasteiger partial charge in [0.2, 0.25) is 0 Å². The van der Waals surface area contributed by atoms with Crippen LogP contribution in [0.15, 0.2) is 24.3 Å². The van der Waals surface area contributed by atoms with Crippen LogP contribution in [0.25, 0.3) is 0 Å². The fraction of sp³-hybridized carbons (Fsp3) is 0.462. The normalized spacial score (nSPS) is 24.8. The first-order chi connectivity index (χ1) is 7.79. The molecule has 84 valence electrons. The molecular weight excluding hydrogens is 198 g/mol. The molecule has 1 fully saturated rings. The summed E-state index contributed by atoms with van der Waals surface area (Å²) in [5.74, 6) is 0. The fourth-order valence-corrected chi connectivity index (χ4v) is 2.23. The molecule has 0 heterocycles. The summed E-state index contributed by atoms with van der Waals surface area (Å²) in [5, 5.41) is 12.2. The van der Waals surface area contributed by atoms with Crippen molar-refractivity contribution in [2.24, 2.45) is 5.73 Å². The Morgan fingerprint density at radius 1 is 1.31 bits per heavy atom. The number of nitrogens with two attached hydrogens (primary N) is 1. The molecule has 1 saturated carbocycles. The van der Waals surface area contributed by atoms with Gasteiger partial charge in [-0.1, -0.05) is 18.9 Å². The number of benzene rings is 1. The maximum Gasteiger partial charge on any atom is 0.0992 e. The first kappa shape index (κ1) is 11.0. The number of rotatable bonds is 2. The predicted molar refractivity (Wildman–Crippen MR) is 65.0 cm³/mol. The van der Waals surface area contributed by atoms with Gasteiger partial charge in [0, 0.05) is 17.8 Å². The second kappa shape index (κ2) is 5.00. The highest BCUT2D eigenvalue weighted by molar-refractivity contribution is 5.50. The van der Waals surface area contributed by atoms with Gasteiger partial charge in [-0.15, -0.1) is 0 Å². The molecule has 3 heteroatoms. The quantitative estimate of drug-likeness (QED) is 0.795. The smallest absolute Gasteiger partial charge is 0.0992 e. The SMILES string of the molecule is N#Cc1cccc(NC2CCCCC2N)c1. The van der Waals surface area contributed by atoms with E-state index in [1.165, 1.54) is 12.8 Å². The summed E-state index contributed by atoms with van der Waals surface area (Å²) in [6, 6.07) is 10.3. The van der Waals surface area contributed by atoms with E-state index in [2.05, 4.69) is 11.4 Å². The molecule has 2 unspecified atom stereocenters. The highest BCUT2D eigenvalue weighted by Crippen LogP contribution is 2.21. The van der Waals surface area contributed by atoms with Crippen molar-refractivity contribution in [2.45, 2.75) is 37.8 Å². The van der Waals surface area contributed by atoms with Gasteiger partial charge in [-0.25, -0.2) is 0 Å². The van der Waals surface area contributed by atoms with Crippen LogP contribution in [0.3, 0.4) is 0 Å². The summed E-state index contributed by atoms with van der Waals surface area (Å²) in [6.07, 6.45) is 4.69. The minimum atomic E-state index is 0.236. The summed E-state index contributed by atoms with van der Waals surface area (Å²) in [6.45, 7) is 0. The number of hydrogen-bond donors (Lipinski definition) is 2. The topological polar surface area (TPSA) is 61.8 Å². The summed E-state index contributed by atoms with van der Waals surface area (Å²) in [4.78, 5) is 0. The first-order valence-corrected chi connectivity index (χ1v) is 5.82. The second-order valence-corrected chi connectivity index (χ2v) is 4.39. The van der Waals surface area contributed by atoms with Gasteiger partial charge in [0.1, 0.15) is 0 Å². The molecule has 0 radical (unpaired) electrons. The van der Waals surface area contributed by atoms with Crippen molar-refractivity contribution in [3.8, 4) is 6.07 Å². The number of anilines is 1. The van der Waals surface area contributed by atoms with Crippen molar-refractivity contribution in [1.29, 1.82) is 5.26 Å². The van der Waals surface area contributed by atoms with Gasteiger partial charge in [-0.05, 0) is 31.0 Å². The molecule has 0 bridgehead atoms. The van der Waals surface area contributed by atoms with Crippen LogP contribution in [0.5, 0.6) is 0 Å². The summed E-state index contributed by atoms with van der Waals surface area (Å²) in [7, 11) is 0. The van der Waals surface area contributed by atoms with Crippen LogP contribution in [0.4, 0.5) is 5.69 Å². The van der Waals surface area contributed by atoms with Crippen LogP contribution in [0.1, 0.15) is 31.2 Å². The molecule has 2 atom stereocenters. The van der Waals surface area contributed by atoms with Crippen LogP contribution < -0.4 is 11.1 Å². The molecule has 0 saturated heterocycles. The molecule has 3 nitrogen and oxygen atoms in total. The van der Waals surface area contributed by atoms with E-state index in [9.17, 15) is 0 Å². The molecule has 3 N–H and O–H groups in total. The fourth-order valence-electron chi connectivity index (χ4n) is 2.23. The summed E-state index contributed by atoms with van der Waals surface area (Å²) >= 11 is 0. The molecule has 2 rings (SSSR count). The van der Waals surface area contributed by atoms with Crippen LogP contribution in [0.2, 0.25) is 0 Å². The molecule has 16 heavy (non-hydrogen) atoms. The van der Waals surface area contributed by atoms with E-state index in [1.54, 1.807) is 0 Å². The predicted octanol–water partition coefficient (Wildman–Crippen LogP) is 2.24. The Morgan fingerprint density at radius 3 is 2.88 bits per heavy atom. The van der Waals surface area contributed by atoms with Gasteiger partial charge < -0.3 is 11.1 Å². The molecule has 1 aliphatic rings. The van der Waals surface area contributed by atoms with E-state index >= 15 is 0 Å². The van der Waals surface area contributed by atoms with Crippen molar-refractivity contribution >= 4 is 5.69 Å². The average Bonchev–Trinajstić information content (AvgIpc) is 2.32. The first-order valence-electron chi connectivity index (χ1n) is 5.82. The van der Waals surface area contributed by atoms with Crippen molar-refractivity contribution in [3.05, 3.63) is 29.8 Å². The van der Waals surface area contributed by atoms with Gasteiger partial charge in [0.05, 0.1) is 11.6 Å². The third-order valence-electron chi connectivity index (χ3n) is 3.16. The van der Waals surface area contributed by atoms with Gasteiger partial charge >= 0.3 is 0 Å². The molecule has 0 aromatic heterocycles. The van der Waals surface area contributed by atoms with Gasteiger partial charge in [0.15, 0.2) is 0 Å². The lowest BCUT2D eigenvalue weighted by Gasteiger charge is -2.30. The van der Waals surface area contributed by atoms with E-state index < -0.39 is 0 Å². The van der Waals surface area contributed by atoms with E-state index in [0.29, 0.717) is 11.6 Å². The Kier molecular flexibility index (Phi) is 3.43. The molecule has 1 aromatic carbocycles. The zero-order valence-electron chi connectivity index (χ0n) is 9.32. The Balaban J connectivity index is 2.05. The second-order valence-electron chi connectivity index (χ2n) is 4.39. The maximum atomic E-state index is 8.82. The number of hydrogen-bond acceptors (Lipinski definition) is 3. The maximum absolute atomic E-state index is 8.82. The molecule has 0 aliphatic heterocycles. The van der Waals surface area contributed by atoms with Gasteiger partial charge in [-0.3, -0.25) is 0 Å². The van der Waals surface area contributed by atoms with Crippen LogP contribution >= 0.6 is 0 Å². The van der Waals surface area contributed by atoms with E-state index in [4.69, 9.17) is 11.0 Å². The third kappa shape index (κ3) is 2.53. The third-order valence-corrected chi connectivity index (χ3v) is 3.16. The Morgan fingerprint density at radius 2 is 2.12 bits per heavy atom. The monoisotopic (exact) mass is 215 g/mol. The van der Waals surface area contributed by atoms with E-state index in [-0.39, 0.29) is 6.04 Å². The van der Waals surface area contributed by atoms with Gasteiger partial charge in [-0.2, -0.15) is 5.26 Å². The number of nitrogens with zero attached hydrogens (tertiary/aromatic N) is 1. The largest absolute Gasteiger partial charge is 0.381 e. The van der Waals surface area contributed by atoms with E-state index in [1.807, 2.05) is 24.3 Å². The lowest BCUT2D eigenvalue weighted by atomic mass is 9.91. The standard InChI is InChI=1S/C13H17N3/c14-9-10-4-3-5-11(8-10)16-13-7-2-1-6-12(13)15/h3-5,8,12-13,16H,1-2,6-7,15H2. The molecule has 1 aliphatic carbocycles. The highest BCUT2D eigenvalue weighted by atomic mass is 15.0. The van der Waals surface area contributed by atoms with Crippen molar-refractivity contribution in [2.75, 3.05) is 5.32 Å². The lowest BCUT2D eigenvalue weighted by Crippen LogP contribution is -2.42. The summed E-state index contributed by atoms with van der Waals surface area (Å²) in [5.41, 5.74) is 7.76. The number of nitriles is 1. The Labute approximate surface area is 96.3 Å². The zero-order valence-corrected chi connectivity index (χ0v) is 9.32. The van der Waals surface area contributed by atoms with Gasteiger partial charge in [0.25, 0.3) is 0 Å². The number of nitrogens with one attached hydrogen (secondary N) is 1.